The van der Waals surface area contributed by atoms with Crippen LogP contribution >= 0.6 is 0 Å². The third-order valence-electron chi connectivity index (χ3n) is 11.6. The molecule has 0 saturated carbocycles. The van der Waals surface area contributed by atoms with Gasteiger partial charge in [-0.1, -0.05) is 170 Å². The Morgan fingerprint density at radius 2 is 0.686 bits per heavy atom. The van der Waals surface area contributed by atoms with Crippen LogP contribution in [-0.4, -0.2) is 0 Å². The average Bonchev–Trinajstić information content (AvgIpc) is 3.67. The van der Waals surface area contributed by atoms with E-state index in [1.807, 2.05) is 0 Å². The molecule has 0 bridgehead atoms. The minimum absolute atomic E-state index is 0.453. The van der Waals surface area contributed by atoms with Crippen LogP contribution < -0.4 is 4.74 Å². The summed E-state index contributed by atoms with van der Waals surface area (Å²) >= 11 is 0. The molecule has 8 aromatic rings. The summed E-state index contributed by atoms with van der Waals surface area (Å²) in [6.07, 6.45) is 0. The van der Waals surface area contributed by atoms with Gasteiger partial charge >= 0.3 is 0 Å². The Bertz CT molecular complexity index is 2580. The van der Waals surface area contributed by atoms with Crippen LogP contribution in [0.4, 0.5) is 0 Å². The maximum atomic E-state index is 6.75. The maximum absolute atomic E-state index is 6.75. The lowest BCUT2D eigenvalue weighted by Gasteiger charge is -2.39. The number of hydrogen-bond donors (Lipinski definition) is 0. The van der Waals surface area contributed by atoms with Crippen molar-refractivity contribution in [3.05, 3.63) is 239 Å². The van der Waals surface area contributed by atoms with E-state index in [0.717, 1.165) is 11.5 Å². The van der Waals surface area contributed by atoms with Crippen LogP contribution in [0.15, 0.2) is 194 Å². The number of ether oxygens (including phenoxy) is 1. The molecule has 0 amide bonds. The smallest absolute Gasteiger partial charge is 0.132 e. The molecule has 238 valence electrons. The largest absolute Gasteiger partial charge is 0.457 e. The first-order valence-electron chi connectivity index (χ1n) is 17.8. The average molecular weight is 649 g/mol. The minimum atomic E-state index is -0.502. The quantitative estimate of drug-likeness (QED) is 0.185. The Morgan fingerprint density at radius 3 is 1.27 bits per heavy atom. The Morgan fingerprint density at radius 1 is 0.275 bits per heavy atom. The van der Waals surface area contributed by atoms with Crippen molar-refractivity contribution in [1.82, 2.24) is 0 Å². The van der Waals surface area contributed by atoms with E-state index >= 15 is 0 Å². The molecule has 0 saturated heterocycles. The monoisotopic (exact) mass is 648 g/mol. The maximum Gasteiger partial charge on any atom is 0.132 e. The SMILES string of the molecule is c1ccc(C2(c3ccccc3)c3ccccc3-c3ccc(-c4ccc5c(c4)C4(c6ccccc6O5)c5ccccc5-c5ccccc54)cc32)cc1. The van der Waals surface area contributed by atoms with Gasteiger partial charge in [-0.25, -0.2) is 0 Å². The fourth-order valence-electron chi connectivity index (χ4n) is 9.66. The molecular formula is C50H32O. The van der Waals surface area contributed by atoms with Crippen molar-refractivity contribution < 1.29 is 4.74 Å². The van der Waals surface area contributed by atoms with Crippen LogP contribution in [0.1, 0.15) is 44.5 Å². The number of fused-ring (bicyclic) bond motifs is 12. The van der Waals surface area contributed by atoms with Gasteiger partial charge in [0.25, 0.3) is 0 Å². The highest BCUT2D eigenvalue weighted by Gasteiger charge is 2.51. The van der Waals surface area contributed by atoms with Crippen LogP contribution in [0.25, 0.3) is 33.4 Å². The summed E-state index contributed by atoms with van der Waals surface area (Å²) in [5.74, 6) is 1.82. The molecule has 1 spiro atoms. The second-order valence-electron chi connectivity index (χ2n) is 13.9. The molecule has 0 unspecified atom stereocenters. The van der Waals surface area contributed by atoms with Gasteiger partial charge in [0.2, 0.25) is 0 Å². The Balaban J connectivity index is 1.18. The number of para-hydroxylation sites is 1. The summed E-state index contributed by atoms with van der Waals surface area (Å²) in [7, 11) is 0. The lowest BCUT2D eigenvalue weighted by molar-refractivity contribution is 0.436. The van der Waals surface area contributed by atoms with Crippen molar-refractivity contribution in [2.45, 2.75) is 10.8 Å². The van der Waals surface area contributed by atoms with Gasteiger partial charge in [-0.2, -0.15) is 0 Å². The van der Waals surface area contributed by atoms with Crippen molar-refractivity contribution in [2.24, 2.45) is 0 Å². The second-order valence-corrected chi connectivity index (χ2v) is 13.9. The summed E-state index contributed by atoms with van der Waals surface area (Å²) in [5.41, 5.74) is 16.7. The van der Waals surface area contributed by atoms with E-state index in [0.29, 0.717) is 0 Å². The standard InChI is InChI=1S/C50H32O/c1-3-15-35(16-4-1)49(36-17-5-2-6-18-36)41-22-10-7-21-39(41)40-29-27-33(31-45(40)49)34-28-30-48-46(32-34)50(44-25-13-14-26-47(44)51-48)42-23-11-8-19-37(42)38-20-9-12-24-43(38)50/h1-32H. The number of hydrogen-bond acceptors (Lipinski definition) is 1. The molecule has 1 aliphatic heterocycles. The Labute approximate surface area is 298 Å². The molecule has 0 N–H and O–H groups in total. The van der Waals surface area contributed by atoms with Crippen molar-refractivity contribution >= 4 is 0 Å². The molecular weight excluding hydrogens is 617 g/mol. The third kappa shape index (κ3) is 3.65. The summed E-state index contributed by atoms with van der Waals surface area (Å²) < 4.78 is 6.75. The highest BCUT2D eigenvalue weighted by Crippen LogP contribution is 2.63. The lowest BCUT2D eigenvalue weighted by atomic mass is 9.65. The third-order valence-corrected chi connectivity index (χ3v) is 11.6. The molecule has 1 heteroatoms. The van der Waals surface area contributed by atoms with E-state index in [9.17, 15) is 0 Å². The molecule has 8 aromatic carbocycles. The highest BCUT2D eigenvalue weighted by molar-refractivity contribution is 5.91. The predicted octanol–water partition coefficient (Wildman–Crippen LogP) is 12.2. The molecule has 0 atom stereocenters. The number of rotatable bonds is 3. The van der Waals surface area contributed by atoms with Crippen LogP contribution in [-0.2, 0) is 10.8 Å². The highest BCUT2D eigenvalue weighted by atomic mass is 16.5. The van der Waals surface area contributed by atoms with Gasteiger partial charge in [-0.3, -0.25) is 0 Å². The van der Waals surface area contributed by atoms with E-state index in [2.05, 4.69) is 194 Å². The van der Waals surface area contributed by atoms with Crippen LogP contribution in [0.3, 0.4) is 0 Å². The fraction of sp³-hybridized carbons (Fsp3) is 0.0400. The van der Waals surface area contributed by atoms with E-state index in [1.54, 1.807) is 0 Å². The van der Waals surface area contributed by atoms with Gasteiger partial charge in [-0.15, -0.1) is 0 Å². The van der Waals surface area contributed by atoms with E-state index < -0.39 is 10.8 Å². The normalized spacial score (nSPS) is 14.7. The minimum Gasteiger partial charge on any atom is -0.457 e. The number of benzene rings is 8. The van der Waals surface area contributed by atoms with Gasteiger partial charge in [-0.05, 0) is 91.0 Å². The molecule has 3 aliphatic rings. The van der Waals surface area contributed by atoms with E-state index in [-0.39, 0.29) is 0 Å². The summed E-state index contributed by atoms with van der Waals surface area (Å²) in [6.45, 7) is 0. The first kappa shape index (κ1) is 28.4. The Hall–Kier alpha value is -6.44. The lowest BCUT2D eigenvalue weighted by Crippen LogP contribution is -2.32. The molecule has 0 aromatic heterocycles. The zero-order valence-corrected chi connectivity index (χ0v) is 27.9. The molecule has 2 aliphatic carbocycles. The van der Waals surface area contributed by atoms with Gasteiger partial charge in [0.15, 0.2) is 0 Å². The molecule has 0 fully saturated rings. The summed E-state index contributed by atoms with van der Waals surface area (Å²) in [6, 6.07) is 71.4. The van der Waals surface area contributed by atoms with Gasteiger partial charge in [0.1, 0.15) is 11.5 Å². The topological polar surface area (TPSA) is 9.23 Å². The molecule has 1 heterocycles. The summed E-state index contributed by atoms with van der Waals surface area (Å²) in [4.78, 5) is 0. The van der Waals surface area contributed by atoms with Crippen LogP contribution in [0, 0.1) is 0 Å². The van der Waals surface area contributed by atoms with Gasteiger partial charge in [0, 0.05) is 11.1 Å². The van der Waals surface area contributed by atoms with Crippen molar-refractivity contribution in [1.29, 1.82) is 0 Å². The fourth-order valence-corrected chi connectivity index (χ4v) is 9.66. The predicted molar refractivity (Wildman–Crippen MR) is 207 cm³/mol. The molecule has 1 nitrogen and oxygen atoms in total. The van der Waals surface area contributed by atoms with Crippen LogP contribution in [0.2, 0.25) is 0 Å². The Kier molecular flexibility index (Phi) is 5.86. The van der Waals surface area contributed by atoms with Crippen molar-refractivity contribution in [3.8, 4) is 44.9 Å². The van der Waals surface area contributed by atoms with E-state index in [1.165, 1.54) is 77.9 Å². The van der Waals surface area contributed by atoms with Crippen LogP contribution in [0.5, 0.6) is 11.5 Å². The second kappa shape index (κ2) is 10.5. The van der Waals surface area contributed by atoms with Gasteiger partial charge < -0.3 is 4.74 Å². The zero-order valence-electron chi connectivity index (χ0n) is 27.9. The summed E-state index contributed by atoms with van der Waals surface area (Å²) in [5, 5.41) is 0. The van der Waals surface area contributed by atoms with E-state index in [4.69, 9.17) is 4.74 Å². The van der Waals surface area contributed by atoms with Crippen molar-refractivity contribution in [3.63, 3.8) is 0 Å². The first-order chi connectivity index (χ1) is 25.3. The molecule has 51 heavy (non-hydrogen) atoms. The van der Waals surface area contributed by atoms with Gasteiger partial charge in [0.05, 0.1) is 10.8 Å². The zero-order chi connectivity index (χ0) is 33.6. The first-order valence-corrected chi connectivity index (χ1v) is 17.8. The van der Waals surface area contributed by atoms with Crippen molar-refractivity contribution in [2.75, 3.05) is 0 Å². The molecule has 0 radical (unpaired) electrons. The molecule has 11 rings (SSSR count).